The molecule has 0 amide bonds. The van der Waals surface area contributed by atoms with Crippen LogP contribution in [0.15, 0.2) is 0 Å². The van der Waals surface area contributed by atoms with E-state index in [0.29, 0.717) is 39.0 Å². The smallest absolute Gasteiger partial charge is 0.0428 e. The van der Waals surface area contributed by atoms with Crippen molar-refractivity contribution in [3.8, 4) is 0 Å². The molecule has 0 fully saturated rings. The Morgan fingerprint density at radius 2 is 1.44 bits per heavy atom. The van der Waals surface area contributed by atoms with Crippen molar-refractivity contribution in [3.63, 3.8) is 0 Å². The summed E-state index contributed by atoms with van der Waals surface area (Å²) in [6, 6.07) is 0. The minimum Gasteiger partial charge on any atom is -0.330 e. The number of nitrogens with two attached hydrogens (primary N) is 1. The molecule has 16 heavy (non-hydrogen) atoms. The fourth-order valence-electron chi connectivity index (χ4n) is 1.18. The Morgan fingerprint density at radius 3 is 2.00 bits per heavy atom. The monoisotopic (exact) mass is 234 g/mol. The molecule has 0 saturated carbocycles. The molecule has 0 unspecified atom stereocenters. The van der Waals surface area contributed by atoms with Gasteiger partial charge < -0.3 is 21.7 Å². The molecule has 0 heterocycles. The van der Waals surface area contributed by atoms with Gasteiger partial charge in [0.1, 0.15) is 0 Å². The summed E-state index contributed by atoms with van der Waals surface area (Å²) in [4.78, 5) is 0. The van der Waals surface area contributed by atoms with Crippen molar-refractivity contribution < 1.29 is 5.48 Å². The van der Waals surface area contributed by atoms with Crippen LogP contribution in [0.3, 0.4) is 0 Å². The van der Waals surface area contributed by atoms with E-state index in [9.17, 15) is 0 Å². The molecule has 0 rings (SSSR count). The summed E-state index contributed by atoms with van der Waals surface area (Å²) in [5.41, 5.74) is 5.33. The van der Waals surface area contributed by atoms with E-state index in [1.807, 2.05) is 6.92 Å². The van der Waals surface area contributed by atoms with Crippen molar-refractivity contribution in [1.82, 2.24) is 16.0 Å². The van der Waals surface area contributed by atoms with Crippen LogP contribution >= 0.6 is 0 Å². The standard InChI is InChI=1S/C12H30N4/c1-2-14-11-6-12-16-9-4-3-8-15-10-5-7-13/h14-16H,2-13H2,1H3/i10D2,12D2. The van der Waals surface area contributed by atoms with Crippen LogP contribution in [0, 0.1) is 0 Å². The van der Waals surface area contributed by atoms with E-state index in [-0.39, 0.29) is 0 Å². The predicted octanol–water partition coefficient (Wildman–Crippen LogP) is 0.294. The van der Waals surface area contributed by atoms with Crippen molar-refractivity contribution in [3.05, 3.63) is 0 Å². The molecule has 0 bridgehead atoms. The molecule has 0 radical (unpaired) electrons. The molecular weight excluding hydrogens is 200 g/mol. The van der Waals surface area contributed by atoms with Crippen LogP contribution in [0.5, 0.6) is 0 Å². The molecule has 0 aromatic carbocycles. The van der Waals surface area contributed by atoms with Crippen molar-refractivity contribution in [2.24, 2.45) is 5.73 Å². The Bertz CT molecular complexity index is 239. The minimum atomic E-state index is -1.40. The maximum Gasteiger partial charge on any atom is 0.0428 e. The van der Waals surface area contributed by atoms with Gasteiger partial charge in [0, 0.05) is 5.48 Å². The van der Waals surface area contributed by atoms with Crippen molar-refractivity contribution in [1.29, 1.82) is 0 Å². The summed E-state index contributed by atoms with van der Waals surface area (Å²) in [5.74, 6) is 0. The summed E-state index contributed by atoms with van der Waals surface area (Å²) in [6.45, 7) is 2.28. The molecule has 0 spiro atoms. The quantitative estimate of drug-likeness (QED) is 0.346. The Labute approximate surface area is 106 Å². The van der Waals surface area contributed by atoms with E-state index < -0.39 is 13.0 Å². The lowest BCUT2D eigenvalue weighted by Gasteiger charge is -2.06. The van der Waals surface area contributed by atoms with Gasteiger partial charge in [0.25, 0.3) is 0 Å². The molecule has 0 aliphatic rings. The van der Waals surface area contributed by atoms with Crippen LogP contribution in [0.25, 0.3) is 0 Å². The van der Waals surface area contributed by atoms with Gasteiger partial charge in [0.2, 0.25) is 0 Å². The number of nitrogens with one attached hydrogen (secondary N) is 3. The second kappa shape index (κ2) is 14.8. The highest BCUT2D eigenvalue weighted by molar-refractivity contribution is 4.53. The van der Waals surface area contributed by atoms with Gasteiger partial charge in [-0.2, -0.15) is 0 Å². The lowest BCUT2D eigenvalue weighted by Crippen LogP contribution is -2.23. The summed E-state index contributed by atoms with van der Waals surface area (Å²) in [5, 5.41) is 8.82. The van der Waals surface area contributed by atoms with Gasteiger partial charge in [-0.05, 0) is 71.4 Å². The third-order valence-corrected chi connectivity index (χ3v) is 2.05. The molecule has 0 saturated heterocycles. The molecule has 0 aromatic rings. The normalized spacial score (nSPS) is 16.4. The molecule has 5 N–H and O–H groups in total. The SMILES string of the molecule is [2H]C([2H])(CCN)NCCCCNC([2H])([2H])CCNCC. The molecule has 0 aliphatic carbocycles. The number of rotatable bonds is 13. The Hall–Kier alpha value is -0.160. The van der Waals surface area contributed by atoms with E-state index in [1.54, 1.807) is 0 Å². The van der Waals surface area contributed by atoms with Gasteiger partial charge in [-0.3, -0.25) is 0 Å². The molecular formula is C12H30N4. The van der Waals surface area contributed by atoms with Crippen molar-refractivity contribution in [2.45, 2.75) is 32.6 Å². The third kappa shape index (κ3) is 13.8. The van der Waals surface area contributed by atoms with Gasteiger partial charge in [-0.1, -0.05) is 6.92 Å². The highest BCUT2D eigenvalue weighted by Crippen LogP contribution is 1.85. The first-order valence-corrected chi connectivity index (χ1v) is 6.24. The van der Waals surface area contributed by atoms with Gasteiger partial charge in [0.15, 0.2) is 0 Å². The molecule has 4 heteroatoms. The van der Waals surface area contributed by atoms with E-state index >= 15 is 0 Å². The highest BCUT2D eigenvalue weighted by atomic mass is 14.9. The van der Waals surface area contributed by atoms with E-state index in [0.717, 1.165) is 19.4 Å². The predicted molar refractivity (Wildman–Crippen MR) is 71.8 cm³/mol. The Balaban J connectivity index is 3.56. The first-order chi connectivity index (χ1) is 9.33. The zero-order valence-electron chi connectivity index (χ0n) is 14.4. The number of hydrogen-bond acceptors (Lipinski definition) is 4. The topological polar surface area (TPSA) is 62.1 Å². The summed E-state index contributed by atoms with van der Waals surface area (Å²) in [6.07, 6.45) is 2.36. The fourth-order valence-corrected chi connectivity index (χ4v) is 1.18. The summed E-state index contributed by atoms with van der Waals surface area (Å²) < 4.78 is 30.7. The maximum absolute atomic E-state index is 7.76. The van der Waals surface area contributed by atoms with E-state index in [2.05, 4.69) is 16.0 Å². The van der Waals surface area contributed by atoms with E-state index in [4.69, 9.17) is 11.2 Å². The Morgan fingerprint density at radius 1 is 0.875 bits per heavy atom. The molecule has 4 nitrogen and oxygen atoms in total. The van der Waals surface area contributed by atoms with Crippen LogP contribution in [0.1, 0.15) is 38.1 Å². The van der Waals surface area contributed by atoms with Crippen LogP contribution in [-0.2, 0) is 0 Å². The first-order valence-electron chi connectivity index (χ1n) is 8.24. The van der Waals surface area contributed by atoms with Gasteiger partial charge in [-0.25, -0.2) is 0 Å². The molecule has 0 aliphatic heterocycles. The summed E-state index contributed by atoms with van der Waals surface area (Å²) >= 11 is 0. The molecule has 98 valence electrons. The van der Waals surface area contributed by atoms with E-state index in [1.165, 1.54) is 0 Å². The van der Waals surface area contributed by atoms with Crippen molar-refractivity contribution >= 4 is 0 Å². The lowest BCUT2D eigenvalue weighted by molar-refractivity contribution is 0.559. The largest absolute Gasteiger partial charge is 0.330 e. The van der Waals surface area contributed by atoms with Crippen LogP contribution in [0.4, 0.5) is 0 Å². The van der Waals surface area contributed by atoms with Gasteiger partial charge >= 0.3 is 0 Å². The maximum atomic E-state index is 7.76. The van der Waals surface area contributed by atoms with Gasteiger partial charge in [-0.15, -0.1) is 0 Å². The zero-order chi connectivity index (χ0) is 15.5. The third-order valence-electron chi connectivity index (χ3n) is 2.05. The zero-order valence-corrected chi connectivity index (χ0v) is 10.4. The average molecular weight is 234 g/mol. The fraction of sp³-hybridized carbons (Fsp3) is 1.00. The van der Waals surface area contributed by atoms with Crippen LogP contribution < -0.4 is 21.7 Å². The Kier molecular flexibility index (Phi) is 9.12. The minimum absolute atomic E-state index is 0.304. The highest BCUT2D eigenvalue weighted by Gasteiger charge is 1.90. The first kappa shape index (κ1) is 9.83. The van der Waals surface area contributed by atoms with Gasteiger partial charge in [0.05, 0.1) is 0 Å². The number of unbranched alkanes of at least 4 members (excludes halogenated alkanes) is 1. The average Bonchev–Trinajstić information content (AvgIpc) is 2.33. The lowest BCUT2D eigenvalue weighted by atomic mass is 10.3. The molecule has 0 atom stereocenters. The van der Waals surface area contributed by atoms with Crippen LogP contribution in [0.2, 0.25) is 0 Å². The number of hydrogen-bond donors (Lipinski definition) is 4. The second-order valence-electron chi connectivity index (χ2n) is 3.56. The van der Waals surface area contributed by atoms with Crippen molar-refractivity contribution in [2.75, 3.05) is 45.7 Å². The summed E-state index contributed by atoms with van der Waals surface area (Å²) in [7, 11) is 0. The molecule has 0 aromatic heterocycles. The second-order valence-corrected chi connectivity index (χ2v) is 3.56. The van der Waals surface area contributed by atoms with Crippen LogP contribution in [-0.4, -0.2) is 45.7 Å².